The first-order chi connectivity index (χ1) is 9.09. The molecule has 20 heavy (non-hydrogen) atoms. The van der Waals surface area contributed by atoms with Crippen LogP contribution in [0.15, 0.2) is 0 Å². The van der Waals surface area contributed by atoms with Crippen molar-refractivity contribution in [3.05, 3.63) is 0 Å². The van der Waals surface area contributed by atoms with Crippen LogP contribution < -0.4 is 5.32 Å². The van der Waals surface area contributed by atoms with Crippen molar-refractivity contribution >= 4 is 21.8 Å². The van der Waals surface area contributed by atoms with E-state index in [1.807, 2.05) is 0 Å². The molecule has 0 aliphatic carbocycles. The van der Waals surface area contributed by atoms with Crippen molar-refractivity contribution in [2.24, 2.45) is 5.41 Å². The lowest BCUT2D eigenvalue weighted by Gasteiger charge is -2.24. The number of rotatable bonds is 5. The maximum atomic E-state index is 12.0. The summed E-state index contributed by atoms with van der Waals surface area (Å²) in [4.78, 5) is 24.7. The third-order valence-electron chi connectivity index (χ3n) is 3.69. The van der Waals surface area contributed by atoms with Crippen LogP contribution in [0.4, 0.5) is 4.79 Å². The SMILES string of the molecule is CCC1(C(=O)O)CCN(C(=O)NC(C)CS(C)(=O)=O)C1. The molecule has 0 radical (unpaired) electrons. The molecule has 1 rings (SSSR count). The fourth-order valence-electron chi connectivity index (χ4n) is 2.46. The Morgan fingerprint density at radius 3 is 2.45 bits per heavy atom. The van der Waals surface area contributed by atoms with E-state index in [-0.39, 0.29) is 12.3 Å². The molecule has 2 unspecified atom stereocenters. The van der Waals surface area contributed by atoms with Gasteiger partial charge >= 0.3 is 12.0 Å². The highest BCUT2D eigenvalue weighted by atomic mass is 32.2. The van der Waals surface area contributed by atoms with Crippen molar-refractivity contribution < 1.29 is 23.1 Å². The van der Waals surface area contributed by atoms with E-state index in [0.717, 1.165) is 6.26 Å². The van der Waals surface area contributed by atoms with Gasteiger partial charge in [0.2, 0.25) is 0 Å². The van der Waals surface area contributed by atoms with E-state index in [9.17, 15) is 23.1 Å². The second-order valence-electron chi connectivity index (χ2n) is 5.55. The zero-order valence-corrected chi connectivity index (χ0v) is 12.9. The highest BCUT2D eigenvalue weighted by Gasteiger charge is 2.44. The van der Waals surface area contributed by atoms with Crippen LogP contribution in [0.5, 0.6) is 0 Å². The van der Waals surface area contributed by atoms with Crippen LogP contribution >= 0.6 is 0 Å². The van der Waals surface area contributed by atoms with Crippen LogP contribution in [-0.2, 0) is 14.6 Å². The van der Waals surface area contributed by atoms with Gasteiger partial charge in [-0.15, -0.1) is 0 Å². The maximum absolute atomic E-state index is 12.0. The molecule has 0 saturated carbocycles. The number of sulfone groups is 1. The van der Waals surface area contributed by atoms with Gasteiger partial charge in [0.05, 0.1) is 11.2 Å². The summed E-state index contributed by atoms with van der Waals surface area (Å²) in [6.45, 7) is 3.94. The minimum Gasteiger partial charge on any atom is -0.481 e. The second-order valence-corrected chi connectivity index (χ2v) is 7.74. The number of aliphatic carboxylic acids is 1. The minimum atomic E-state index is -3.16. The van der Waals surface area contributed by atoms with Crippen LogP contribution in [-0.4, -0.2) is 61.6 Å². The molecule has 2 N–H and O–H groups in total. The number of carboxylic acid groups (broad SMARTS) is 1. The van der Waals surface area contributed by atoms with Gasteiger partial charge in [0.25, 0.3) is 0 Å². The zero-order valence-electron chi connectivity index (χ0n) is 12.0. The molecule has 8 heteroatoms. The van der Waals surface area contributed by atoms with E-state index in [1.54, 1.807) is 13.8 Å². The van der Waals surface area contributed by atoms with Crippen molar-refractivity contribution in [2.45, 2.75) is 32.7 Å². The van der Waals surface area contributed by atoms with Gasteiger partial charge in [-0.25, -0.2) is 13.2 Å². The van der Waals surface area contributed by atoms with E-state index in [1.165, 1.54) is 4.90 Å². The van der Waals surface area contributed by atoms with Crippen molar-refractivity contribution in [3.63, 3.8) is 0 Å². The predicted molar refractivity (Wildman–Crippen MR) is 74.3 cm³/mol. The highest BCUT2D eigenvalue weighted by molar-refractivity contribution is 7.90. The van der Waals surface area contributed by atoms with Gasteiger partial charge in [-0.2, -0.15) is 0 Å². The van der Waals surface area contributed by atoms with Gasteiger partial charge in [0, 0.05) is 25.4 Å². The topological polar surface area (TPSA) is 104 Å². The maximum Gasteiger partial charge on any atom is 0.317 e. The smallest absolute Gasteiger partial charge is 0.317 e. The molecule has 1 aliphatic heterocycles. The fraction of sp³-hybridized carbons (Fsp3) is 0.833. The Labute approximate surface area is 119 Å². The Morgan fingerprint density at radius 1 is 1.45 bits per heavy atom. The summed E-state index contributed by atoms with van der Waals surface area (Å²) in [5.74, 6) is -1.02. The first-order valence-electron chi connectivity index (χ1n) is 6.56. The Kier molecular flexibility index (Phi) is 5.01. The molecule has 0 aromatic carbocycles. The standard InChI is InChI=1S/C12H22N2O5S/c1-4-12(10(15)16)5-6-14(8-12)11(17)13-9(2)7-20(3,18)19/h9H,4-8H2,1-3H3,(H,13,17)(H,15,16). The van der Waals surface area contributed by atoms with Gasteiger partial charge in [0.15, 0.2) is 0 Å². The molecule has 2 amide bonds. The molecule has 1 heterocycles. The Bertz CT molecular complexity index is 490. The molecular formula is C12H22N2O5S. The summed E-state index contributed by atoms with van der Waals surface area (Å²) in [5.41, 5.74) is -0.878. The third-order valence-corrected chi connectivity index (χ3v) is 4.80. The van der Waals surface area contributed by atoms with E-state index >= 15 is 0 Å². The van der Waals surface area contributed by atoms with Crippen LogP contribution in [0.1, 0.15) is 26.7 Å². The van der Waals surface area contributed by atoms with Crippen molar-refractivity contribution in [2.75, 3.05) is 25.1 Å². The van der Waals surface area contributed by atoms with Crippen LogP contribution in [0.2, 0.25) is 0 Å². The monoisotopic (exact) mass is 306 g/mol. The summed E-state index contributed by atoms with van der Waals surface area (Å²) in [6, 6.07) is -0.906. The lowest BCUT2D eigenvalue weighted by Crippen LogP contribution is -2.46. The lowest BCUT2D eigenvalue weighted by molar-refractivity contribution is -0.148. The van der Waals surface area contributed by atoms with E-state index < -0.39 is 33.3 Å². The number of likely N-dealkylation sites (tertiary alicyclic amines) is 1. The molecule has 116 valence electrons. The van der Waals surface area contributed by atoms with Crippen LogP contribution in [0, 0.1) is 5.41 Å². The number of hydrogen-bond acceptors (Lipinski definition) is 4. The molecule has 0 spiro atoms. The Balaban J connectivity index is 2.61. The third kappa shape index (κ3) is 4.09. The minimum absolute atomic E-state index is 0.134. The summed E-state index contributed by atoms with van der Waals surface area (Å²) in [7, 11) is -3.16. The average molecular weight is 306 g/mol. The number of urea groups is 1. The summed E-state index contributed by atoms with van der Waals surface area (Å²) < 4.78 is 22.3. The number of nitrogens with one attached hydrogen (secondary N) is 1. The number of carbonyl (C=O) groups is 2. The second kappa shape index (κ2) is 5.99. The Morgan fingerprint density at radius 2 is 2.05 bits per heavy atom. The van der Waals surface area contributed by atoms with Gasteiger partial charge < -0.3 is 15.3 Å². The summed E-state index contributed by atoms with van der Waals surface area (Å²) in [5, 5.41) is 11.9. The molecule has 0 aromatic rings. The van der Waals surface area contributed by atoms with Crippen molar-refractivity contribution in [3.8, 4) is 0 Å². The first-order valence-corrected chi connectivity index (χ1v) is 8.62. The number of carboxylic acids is 1. The number of hydrogen-bond donors (Lipinski definition) is 2. The van der Waals surface area contributed by atoms with E-state index in [2.05, 4.69) is 5.32 Å². The van der Waals surface area contributed by atoms with Crippen molar-refractivity contribution in [1.82, 2.24) is 10.2 Å². The number of nitrogens with zero attached hydrogens (tertiary/aromatic N) is 1. The van der Waals surface area contributed by atoms with Gasteiger partial charge in [-0.1, -0.05) is 6.92 Å². The van der Waals surface area contributed by atoms with Crippen LogP contribution in [0.25, 0.3) is 0 Å². The number of amides is 2. The number of carbonyl (C=O) groups excluding carboxylic acids is 1. The molecule has 0 bridgehead atoms. The molecule has 1 fully saturated rings. The van der Waals surface area contributed by atoms with Crippen LogP contribution in [0.3, 0.4) is 0 Å². The molecule has 1 aliphatic rings. The van der Waals surface area contributed by atoms with Gasteiger partial charge in [-0.05, 0) is 19.8 Å². The quantitative estimate of drug-likeness (QED) is 0.761. The van der Waals surface area contributed by atoms with E-state index in [4.69, 9.17) is 0 Å². The van der Waals surface area contributed by atoms with Gasteiger partial charge in [0.1, 0.15) is 9.84 Å². The first kappa shape index (κ1) is 16.7. The highest BCUT2D eigenvalue weighted by Crippen LogP contribution is 2.34. The molecular weight excluding hydrogens is 284 g/mol. The lowest BCUT2D eigenvalue weighted by atomic mass is 9.84. The molecule has 1 saturated heterocycles. The molecule has 0 aromatic heterocycles. The van der Waals surface area contributed by atoms with Gasteiger partial charge in [-0.3, -0.25) is 4.79 Å². The molecule has 7 nitrogen and oxygen atoms in total. The van der Waals surface area contributed by atoms with Crippen molar-refractivity contribution in [1.29, 1.82) is 0 Å². The summed E-state index contributed by atoms with van der Waals surface area (Å²) >= 11 is 0. The predicted octanol–water partition coefficient (Wildman–Crippen LogP) is 0.316. The Hall–Kier alpha value is -1.31. The normalized spacial score (nSPS) is 24.4. The largest absolute Gasteiger partial charge is 0.481 e. The summed E-state index contributed by atoms with van der Waals surface area (Å²) in [6.07, 6.45) is 2.00. The van der Waals surface area contributed by atoms with E-state index in [0.29, 0.717) is 19.4 Å². The zero-order chi connectivity index (χ0) is 15.6. The average Bonchev–Trinajstić information content (AvgIpc) is 2.71. The fourth-order valence-corrected chi connectivity index (χ4v) is 3.45. The molecule has 2 atom stereocenters.